The van der Waals surface area contributed by atoms with Crippen LogP contribution >= 0.6 is 0 Å². The van der Waals surface area contributed by atoms with Crippen molar-refractivity contribution in [3.05, 3.63) is 84.3 Å². The van der Waals surface area contributed by atoms with Crippen LogP contribution in [0.15, 0.2) is 82.4 Å². The molecular weight excluding hydrogens is 260 g/mol. The maximum Gasteiger partial charge on any atom is 0.277 e. The van der Waals surface area contributed by atoms with Crippen molar-refractivity contribution in [2.24, 2.45) is 4.99 Å². The summed E-state index contributed by atoms with van der Waals surface area (Å²) in [5.41, 5.74) is 2.74. The van der Waals surface area contributed by atoms with E-state index in [2.05, 4.69) is 9.98 Å². The number of furan rings is 1. The van der Waals surface area contributed by atoms with Gasteiger partial charge in [-0.05, 0) is 24.3 Å². The first-order valence-electron chi connectivity index (χ1n) is 6.67. The molecule has 0 amide bonds. The monoisotopic (exact) mass is 274 g/mol. The molecule has 0 unspecified atom stereocenters. The quantitative estimate of drug-likeness (QED) is 0.660. The smallest absolute Gasteiger partial charge is 0.277 e. The van der Waals surface area contributed by atoms with Gasteiger partial charge in [-0.2, -0.15) is 0 Å². The Morgan fingerprint density at radius 1 is 0.857 bits per heavy atom. The van der Waals surface area contributed by atoms with Crippen LogP contribution in [0.4, 0.5) is 11.4 Å². The number of benzene rings is 2. The standard InChI is InChI=1S/C18H14N2O/c1-2-8-16(9-3-1)19-13-15-7-4-5-11-18(15)20-14-17-10-6-12-21-17/h1-14H/q+1. The molecule has 1 heterocycles. The van der Waals surface area contributed by atoms with Gasteiger partial charge in [0, 0.05) is 12.1 Å². The lowest BCUT2D eigenvalue weighted by Crippen LogP contribution is -1.89. The molecule has 0 spiro atoms. The lowest BCUT2D eigenvalue weighted by Gasteiger charge is -1.95. The molecule has 3 nitrogen and oxygen atoms in total. The summed E-state index contributed by atoms with van der Waals surface area (Å²) in [6.45, 7) is 0. The van der Waals surface area contributed by atoms with Gasteiger partial charge in [0.15, 0.2) is 0 Å². The molecule has 1 radical (unpaired) electrons. The van der Waals surface area contributed by atoms with Gasteiger partial charge in [-0.1, -0.05) is 30.3 Å². The van der Waals surface area contributed by atoms with Crippen LogP contribution in [0.5, 0.6) is 0 Å². The molecule has 0 saturated carbocycles. The van der Waals surface area contributed by atoms with E-state index >= 15 is 0 Å². The minimum Gasteiger partial charge on any atom is -0.463 e. The Morgan fingerprint density at radius 2 is 1.67 bits per heavy atom. The lowest BCUT2D eigenvalue weighted by molar-refractivity contribution is 0.560. The van der Waals surface area contributed by atoms with Crippen molar-refractivity contribution in [2.45, 2.75) is 0 Å². The number of nitrogens with zero attached hydrogens (tertiary/aromatic N) is 2. The topological polar surface area (TPSA) is 39.6 Å². The van der Waals surface area contributed by atoms with Gasteiger partial charge in [0.05, 0.1) is 28.7 Å². The minimum absolute atomic E-state index is 0.727. The Morgan fingerprint density at radius 3 is 2.48 bits per heavy atom. The molecule has 2 aromatic carbocycles. The zero-order valence-electron chi connectivity index (χ0n) is 11.4. The summed E-state index contributed by atoms with van der Waals surface area (Å²) < 4.78 is 5.24. The first kappa shape index (κ1) is 13.1. The SMILES string of the molecule is C(=Nc1ccccc1C=[N+]c1ccccc1)c1ccco1. The Bertz CT molecular complexity index is 744. The van der Waals surface area contributed by atoms with E-state index < -0.39 is 0 Å². The van der Waals surface area contributed by atoms with Gasteiger partial charge in [-0.3, -0.25) is 4.99 Å². The molecule has 0 saturated heterocycles. The second kappa shape index (κ2) is 6.48. The van der Waals surface area contributed by atoms with E-state index in [-0.39, 0.29) is 0 Å². The van der Waals surface area contributed by atoms with E-state index in [0.717, 1.165) is 22.7 Å². The summed E-state index contributed by atoms with van der Waals surface area (Å²) in [4.78, 5) is 8.91. The minimum atomic E-state index is 0.727. The molecule has 0 aliphatic carbocycles. The molecule has 3 aromatic rings. The zero-order valence-corrected chi connectivity index (χ0v) is 11.4. The molecule has 0 aliphatic heterocycles. The first-order valence-corrected chi connectivity index (χ1v) is 6.67. The first-order chi connectivity index (χ1) is 10.4. The predicted molar refractivity (Wildman–Crippen MR) is 85.8 cm³/mol. The van der Waals surface area contributed by atoms with Crippen molar-refractivity contribution in [1.82, 2.24) is 4.99 Å². The normalized spacial score (nSPS) is 11.4. The van der Waals surface area contributed by atoms with Gasteiger partial charge in [-0.25, -0.2) is 0 Å². The second-order valence-corrected chi connectivity index (χ2v) is 4.43. The predicted octanol–water partition coefficient (Wildman–Crippen LogP) is 4.12. The van der Waals surface area contributed by atoms with Gasteiger partial charge in [0.25, 0.3) is 11.9 Å². The van der Waals surface area contributed by atoms with Crippen LogP contribution in [0, 0.1) is 0 Å². The van der Waals surface area contributed by atoms with Crippen molar-refractivity contribution in [1.29, 1.82) is 0 Å². The summed E-state index contributed by atoms with van der Waals surface area (Å²) in [7, 11) is 0. The Labute approximate surface area is 123 Å². The third-order valence-corrected chi connectivity index (χ3v) is 2.92. The van der Waals surface area contributed by atoms with Gasteiger partial charge < -0.3 is 4.42 Å². The van der Waals surface area contributed by atoms with E-state index in [9.17, 15) is 0 Å². The highest BCUT2D eigenvalue weighted by molar-refractivity contribution is 5.89. The zero-order chi connectivity index (χ0) is 14.3. The van der Waals surface area contributed by atoms with E-state index in [4.69, 9.17) is 4.42 Å². The molecule has 0 fully saturated rings. The van der Waals surface area contributed by atoms with Crippen molar-refractivity contribution < 1.29 is 4.42 Å². The molecule has 21 heavy (non-hydrogen) atoms. The fraction of sp³-hybridized carbons (Fsp3) is 0. The maximum absolute atomic E-state index is 5.24. The molecule has 1 aromatic heterocycles. The van der Waals surface area contributed by atoms with Crippen molar-refractivity contribution in [3.63, 3.8) is 0 Å². The average Bonchev–Trinajstić information content (AvgIpc) is 3.06. The Kier molecular flexibility index (Phi) is 4.03. The highest BCUT2D eigenvalue weighted by Crippen LogP contribution is 2.17. The average molecular weight is 274 g/mol. The van der Waals surface area contributed by atoms with Crippen LogP contribution in [0.25, 0.3) is 0 Å². The summed E-state index contributed by atoms with van der Waals surface area (Å²) in [5, 5.41) is 0. The maximum atomic E-state index is 5.24. The van der Waals surface area contributed by atoms with Gasteiger partial charge in [-0.15, -0.1) is 0 Å². The van der Waals surface area contributed by atoms with Gasteiger partial charge >= 0.3 is 0 Å². The fourth-order valence-corrected chi connectivity index (χ4v) is 1.87. The molecule has 0 N–H and O–H groups in total. The molecule has 3 heteroatoms. The fourth-order valence-electron chi connectivity index (χ4n) is 1.87. The van der Waals surface area contributed by atoms with Crippen molar-refractivity contribution in [3.8, 4) is 0 Å². The van der Waals surface area contributed by atoms with Crippen LogP contribution in [-0.4, -0.2) is 12.4 Å². The number of para-hydroxylation sites is 2. The molecule has 0 aliphatic rings. The van der Waals surface area contributed by atoms with E-state index in [0.29, 0.717) is 0 Å². The van der Waals surface area contributed by atoms with Crippen molar-refractivity contribution in [2.75, 3.05) is 0 Å². The molecule has 101 valence electrons. The largest absolute Gasteiger partial charge is 0.463 e. The summed E-state index contributed by atoms with van der Waals surface area (Å²) >= 11 is 0. The van der Waals surface area contributed by atoms with Crippen LogP contribution in [0.1, 0.15) is 11.3 Å². The third-order valence-electron chi connectivity index (χ3n) is 2.92. The van der Waals surface area contributed by atoms with Crippen LogP contribution in [-0.2, 0) is 0 Å². The van der Waals surface area contributed by atoms with Gasteiger partial charge in [0.2, 0.25) is 0 Å². The summed E-state index contributed by atoms with van der Waals surface area (Å²) in [6.07, 6.45) is 5.16. The van der Waals surface area contributed by atoms with E-state index in [1.807, 2.05) is 72.9 Å². The van der Waals surface area contributed by atoms with Crippen molar-refractivity contribution >= 4 is 23.8 Å². The Hall–Kier alpha value is -2.94. The molecular formula is C18H14N2O+. The summed E-state index contributed by atoms with van der Waals surface area (Å²) in [6, 6.07) is 21.4. The van der Waals surface area contributed by atoms with Crippen LogP contribution in [0.2, 0.25) is 0 Å². The lowest BCUT2D eigenvalue weighted by atomic mass is 10.2. The summed E-state index contributed by atoms with van der Waals surface area (Å²) in [5.74, 6) is 0.727. The molecule has 0 atom stereocenters. The van der Waals surface area contributed by atoms with E-state index in [1.54, 1.807) is 12.5 Å². The third kappa shape index (κ3) is 3.54. The molecule has 3 rings (SSSR count). The Balaban J connectivity index is 1.84. The highest BCUT2D eigenvalue weighted by Gasteiger charge is 2.04. The second-order valence-electron chi connectivity index (χ2n) is 4.43. The number of hydrogen-bond acceptors (Lipinski definition) is 3. The van der Waals surface area contributed by atoms with Crippen LogP contribution in [0.3, 0.4) is 0 Å². The number of aliphatic imine (C=N–C) groups is 2. The number of hydrogen-bond donors (Lipinski definition) is 0. The molecule has 0 bridgehead atoms. The van der Waals surface area contributed by atoms with E-state index in [1.165, 1.54) is 0 Å². The van der Waals surface area contributed by atoms with Gasteiger partial charge in [0.1, 0.15) is 5.76 Å². The van der Waals surface area contributed by atoms with Crippen LogP contribution < -0.4 is 4.99 Å². The highest BCUT2D eigenvalue weighted by atomic mass is 16.3. The number of rotatable bonds is 4.